The number of benzene rings is 2. The molecule has 0 saturated heterocycles. The largest absolute Gasteiger partial charge is 0.335 e. The second-order valence-corrected chi connectivity index (χ2v) is 7.26. The van der Waals surface area contributed by atoms with Gasteiger partial charge in [0.15, 0.2) is 6.20 Å². The summed E-state index contributed by atoms with van der Waals surface area (Å²) in [6.45, 7) is 5.36. The fraction of sp³-hybridized carbons (Fsp3) is 0.190. The molecule has 0 atom stereocenters. The topological polar surface area (TPSA) is 7.12 Å². The molecule has 120 valence electrons. The zero-order chi connectivity index (χ0) is 16.7. The lowest BCUT2D eigenvalue weighted by molar-refractivity contribution is -0.644. The molecule has 24 heavy (non-hydrogen) atoms. The lowest BCUT2D eigenvalue weighted by atomic mass is 10.1. The van der Waals surface area contributed by atoms with Crippen LogP contribution in [0.4, 0.5) is 5.69 Å². The van der Waals surface area contributed by atoms with Gasteiger partial charge in [-0.05, 0) is 49.2 Å². The summed E-state index contributed by atoms with van der Waals surface area (Å²) in [7, 11) is 2.10. The van der Waals surface area contributed by atoms with Crippen molar-refractivity contribution in [2.75, 3.05) is 11.4 Å². The molecular formula is C21H21N2S+. The number of hydrogen-bond acceptors (Lipinski definition) is 2. The molecule has 3 aromatic rings. The molecule has 2 nitrogen and oxygen atoms in total. The van der Waals surface area contributed by atoms with Crippen LogP contribution in [-0.4, -0.2) is 6.54 Å². The van der Waals surface area contributed by atoms with Crippen molar-refractivity contribution in [2.45, 2.75) is 18.7 Å². The van der Waals surface area contributed by atoms with E-state index in [-0.39, 0.29) is 0 Å². The van der Waals surface area contributed by atoms with Gasteiger partial charge in [0.2, 0.25) is 5.52 Å². The maximum Gasteiger partial charge on any atom is 0.212 e. The molecule has 0 aliphatic carbocycles. The highest BCUT2D eigenvalue weighted by atomic mass is 32.2. The molecule has 1 aliphatic rings. The first-order valence-corrected chi connectivity index (χ1v) is 9.14. The van der Waals surface area contributed by atoms with Gasteiger partial charge in [-0.3, -0.25) is 0 Å². The Morgan fingerprint density at radius 2 is 1.96 bits per heavy atom. The third-order valence-electron chi connectivity index (χ3n) is 4.55. The highest BCUT2D eigenvalue weighted by Gasteiger charge is 2.24. The summed E-state index contributed by atoms with van der Waals surface area (Å²) in [5.41, 5.74) is 5.17. The van der Waals surface area contributed by atoms with Crippen molar-refractivity contribution in [3.05, 3.63) is 70.9 Å². The van der Waals surface area contributed by atoms with Crippen LogP contribution in [0.15, 0.2) is 64.7 Å². The number of anilines is 1. The van der Waals surface area contributed by atoms with E-state index in [0.717, 1.165) is 6.54 Å². The van der Waals surface area contributed by atoms with Crippen molar-refractivity contribution in [1.29, 1.82) is 0 Å². The van der Waals surface area contributed by atoms with Gasteiger partial charge in [-0.2, -0.15) is 0 Å². The van der Waals surface area contributed by atoms with Gasteiger partial charge in [-0.15, -0.1) is 0 Å². The van der Waals surface area contributed by atoms with E-state index in [0.29, 0.717) is 0 Å². The number of thioether (sulfide) groups is 1. The zero-order valence-electron chi connectivity index (χ0n) is 14.3. The van der Waals surface area contributed by atoms with E-state index in [1.165, 1.54) is 37.6 Å². The van der Waals surface area contributed by atoms with Gasteiger partial charge in [0, 0.05) is 23.6 Å². The lowest BCUT2D eigenvalue weighted by Crippen LogP contribution is -2.28. The van der Waals surface area contributed by atoms with Crippen molar-refractivity contribution >= 4 is 34.4 Å². The summed E-state index contributed by atoms with van der Waals surface area (Å²) in [5.74, 6) is 0. The Morgan fingerprint density at radius 3 is 2.79 bits per heavy atom. The fourth-order valence-corrected chi connectivity index (χ4v) is 4.45. The van der Waals surface area contributed by atoms with Gasteiger partial charge in [0.25, 0.3) is 0 Å². The summed E-state index contributed by atoms with van der Waals surface area (Å²) in [5, 5.41) is 2.59. The van der Waals surface area contributed by atoms with Crippen molar-refractivity contribution in [1.82, 2.24) is 0 Å². The summed E-state index contributed by atoms with van der Waals surface area (Å²) >= 11 is 1.87. The first-order chi connectivity index (χ1) is 11.7. The van der Waals surface area contributed by atoms with E-state index in [9.17, 15) is 0 Å². The van der Waals surface area contributed by atoms with Crippen molar-refractivity contribution < 1.29 is 4.57 Å². The Labute approximate surface area is 147 Å². The molecule has 2 heterocycles. The van der Waals surface area contributed by atoms with E-state index >= 15 is 0 Å². The van der Waals surface area contributed by atoms with Crippen LogP contribution in [0, 0.1) is 6.92 Å². The highest BCUT2D eigenvalue weighted by molar-refractivity contribution is 8.03. The molecule has 0 bridgehead atoms. The van der Waals surface area contributed by atoms with Crippen LogP contribution < -0.4 is 9.47 Å². The first kappa shape index (κ1) is 15.3. The van der Waals surface area contributed by atoms with Crippen molar-refractivity contribution in [2.24, 2.45) is 7.05 Å². The van der Waals surface area contributed by atoms with Crippen molar-refractivity contribution in [3.8, 4) is 0 Å². The predicted octanol–water partition coefficient (Wildman–Crippen LogP) is 4.90. The maximum atomic E-state index is 2.41. The Kier molecular flexibility index (Phi) is 3.81. The minimum absolute atomic E-state index is 0.980. The van der Waals surface area contributed by atoms with E-state index in [4.69, 9.17) is 0 Å². The molecule has 3 heteroatoms. The number of para-hydroxylation sites is 1. The second-order valence-electron chi connectivity index (χ2n) is 6.20. The number of aryl methyl sites for hydroxylation is 2. The minimum atomic E-state index is 0.980. The number of rotatable bonds is 2. The minimum Gasteiger partial charge on any atom is -0.335 e. The van der Waals surface area contributed by atoms with Gasteiger partial charge >= 0.3 is 0 Å². The number of hydrogen-bond donors (Lipinski definition) is 0. The molecule has 0 saturated carbocycles. The van der Waals surface area contributed by atoms with Crippen molar-refractivity contribution in [3.63, 3.8) is 0 Å². The third-order valence-corrected chi connectivity index (χ3v) is 5.67. The number of pyridine rings is 1. The van der Waals surface area contributed by atoms with Gasteiger partial charge < -0.3 is 4.90 Å². The molecule has 1 aliphatic heterocycles. The van der Waals surface area contributed by atoms with Crippen LogP contribution in [0.1, 0.15) is 18.1 Å². The van der Waals surface area contributed by atoms with E-state index in [1.807, 2.05) is 11.8 Å². The average Bonchev–Trinajstić information content (AvgIpc) is 2.94. The molecule has 0 amide bonds. The number of aromatic nitrogens is 1. The smallest absolute Gasteiger partial charge is 0.212 e. The molecule has 0 unspecified atom stereocenters. The highest BCUT2D eigenvalue weighted by Crippen LogP contribution is 2.47. The summed E-state index contributed by atoms with van der Waals surface area (Å²) < 4.78 is 2.18. The van der Waals surface area contributed by atoms with Crippen LogP contribution in [0.2, 0.25) is 0 Å². The predicted molar refractivity (Wildman–Crippen MR) is 103 cm³/mol. The Balaban J connectivity index is 1.84. The average molecular weight is 333 g/mol. The van der Waals surface area contributed by atoms with Crippen LogP contribution in [0.3, 0.4) is 0 Å². The SMILES string of the molecule is CCN1/C(=C\c2cc[n+](C)c3ccccc23)Sc2ccc(C)cc21. The van der Waals surface area contributed by atoms with Crippen LogP contribution in [-0.2, 0) is 7.05 Å². The van der Waals surface area contributed by atoms with Gasteiger partial charge in [-0.25, -0.2) is 4.57 Å². The molecule has 4 rings (SSSR count). The zero-order valence-corrected chi connectivity index (χ0v) is 15.1. The Morgan fingerprint density at radius 1 is 1.12 bits per heavy atom. The summed E-state index contributed by atoms with van der Waals surface area (Å²) in [6, 6.07) is 17.5. The Hall–Kier alpha value is -2.26. The molecule has 0 fully saturated rings. The molecule has 2 aromatic carbocycles. The van der Waals surface area contributed by atoms with Crippen LogP contribution >= 0.6 is 11.8 Å². The quantitative estimate of drug-likeness (QED) is 0.616. The fourth-order valence-electron chi connectivity index (χ4n) is 3.29. The number of nitrogens with zero attached hydrogens (tertiary/aromatic N) is 2. The van der Waals surface area contributed by atoms with E-state index in [2.05, 4.69) is 91.2 Å². The van der Waals surface area contributed by atoms with Gasteiger partial charge in [0.1, 0.15) is 7.05 Å². The van der Waals surface area contributed by atoms with E-state index < -0.39 is 0 Å². The van der Waals surface area contributed by atoms with Gasteiger partial charge in [0.05, 0.1) is 16.1 Å². The lowest BCUT2D eigenvalue weighted by Gasteiger charge is -2.18. The monoisotopic (exact) mass is 333 g/mol. The third kappa shape index (κ3) is 2.49. The standard InChI is InChI=1S/C21H21N2S/c1-4-23-19-13-15(2)9-10-20(19)24-21(23)14-16-11-12-22(3)18-8-6-5-7-17(16)18/h5-14H,4H2,1-3H3/q+1. The Bertz CT molecular complexity index is 959. The van der Waals surface area contributed by atoms with Gasteiger partial charge in [-0.1, -0.05) is 30.0 Å². The first-order valence-electron chi connectivity index (χ1n) is 8.32. The summed E-state index contributed by atoms with van der Waals surface area (Å²) in [4.78, 5) is 3.76. The van der Waals surface area contributed by atoms with Crippen LogP contribution in [0.25, 0.3) is 17.0 Å². The van der Waals surface area contributed by atoms with Crippen LogP contribution in [0.5, 0.6) is 0 Å². The summed E-state index contributed by atoms with van der Waals surface area (Å²) in [6.07, 6.45) is 4.47. The molecule has 0 radical (unpaired) electrons. The second kappa shape index (κ2) is 5.99. The number of fused-ring (bicyclic) bond motifs is 2. The van der Waals surface area contributed by atoms with E-state index in [1.54, 1.807) is 0 Å². The molecule has 0 spiro atoms. The molecule has 0 N–H and O–H groups in total. The molecule has 1 aromatic heterocycles. The maximum absolute atomic E-state index is 2.41. The normalized spacial score (nSPS) is 15.3. The molecular weight excluding hydrogens is 312 g/mol.